The Bertz CT molecular complexity index is 739. The van der Waals surface area contributed by atoms with Crippen molar-refractivity contribution in [2.45, 2.75) is 13.1 Å². The molecule has 122 valence electrons. The molecule has 0 radical (unpaired) electrons. The highest BCUT2D eigenvalue weighted by atomic mass is 19.1. The Labute approximate surface area is 133 Å². The Balaban J connectivity index is 1.89. The maximum absolute atomic E-state index is 13.9. The summed E-state index contributed by atoms with van der Waals surface area (Å²) in [6.07, 6.45) is 1.38. The normalized spacial score (nSPS) is 15.7. The Kier molecular flexibility index (Phi) is 4.73. The molecule has 0 aliphatic carbocycles. The van der Waals surface area contributed by atoms with Crippen LogP contribution in [-0.2, 0) is 17.8 Å². The number of ether oxygens (including phenoxy) is 1. The molecule has 1 fully saturated rings. The summed E-state index contributed by atoms with van der Waals surface area (Å²) in [6, 6.07) is 7.92. The van der Waals surface area contributed by atoms with Gasteiger partial charge in [-0.05, 0) is 6.07 Å². The zero-order valence-electron chi connectivity index (χ0n) is 12.7. The first-order valence-corrected chi connectivity index (χ1v) is 7.59. The van der Waals surface area contributed by atoms with Gasteiger partial charge in [-0.15, -0.1) is 0 Å². The van der Waals surface area contributed by atoms with E-state index in [-0.39, 0.29) is 18.1 Å². The standard InChI is InChI=1S/C17H19FN2O3/c18-15-4-2-1-3-13(15)10-20-12-17(22)16(21)9-14(20)11-19-5-7-23-8-6-19/h1-4,9,12,22H,5-8,10-11H2. The minimum absolute atomic E-state index is 0.264. The molecular formula is C17H19FN2O3. The van der Waals surface area contributed by atoms with Crippen molar-refractivity contribution in [3.05, 3.63) is 63.8 Å². The zero-order valence-corrected chi connectivity index (χ0v) is 12.7. The summed E-state index contributed by atoms with van der Waals surface area (Å²) in [4.78, 5) is 13.9. The van der Waals surface area contributed by atoms with Gasteiger partial charge in [-0.3, -0.25) is 9.69 Å². The summed E-state index contributed by atoms with van der Waals surface area (Å²) < 4.78 is 20.9. The largest absolute Gasteiger partial charge is 0.503 e. The van der Waals surface area contributed by atoms with Crippen molar-refractivity contribution >= 4 is 0 Å². The lowest BCUT2D eigenvalue weighted by atomic mass is 10.2. The predicted molar refractivity (Wildman–Crippen MR) is 84.0 cm³/mol. The van der Waals surface area contributed by atoms with Crippen LogP contribution in [0.3, 0.4) is 0 Å². The van der Waals surface area contributed by atoms with Crippen LogP contribution in [0.5, 0.6) is 5.75 Å². The lowest BCUT2D eigenvalue weighted by molar-refractivity contribution is 0.0331. The topological polar surface area (TPSA) is 54.7 Å². The molecule has 1 aliphatic rings. The predicted octanol–water partition coefficient (Wildman–Crippen LogP) is 1.57. The van der Waals surface area contributed by atoms with Gasteiger partial charge in [0.15, 0.2) is 5.75 Å². The van der Waals surface area contributed by atoms with Gasteiger partial charge >= 0.3 is 0 Å². The number of hydrogen-bond donors (Lipinski definition) is 1. The number of nitrogens with zero attached hydrogens (tertiary/aromatic N) is 2. The molecule has 1 saturated heterocycles. The summed E-state index contributed by atoms with van der Waals surface area (Å²) in [5, 5.41) is 9.72. The highest BCUT2D eigenvalue weighted by Crippen LogP contribution is 2.14. The number of pyridine rings is 1. The molecule has 5 nitrogen and oxygen atoms in total. The number of aromatic hydroxyl groups is 1. The molecule has 1 aromatic carbocycles. The molecule has 0 amide bonds. The van der Waals surface area contributed by atoms with Crippen LogP contribution in [0.2, 0.25) is 0 Å². The van der Waals surface area contributed by atoms with E-state index in [0.717, 1.165) is 18.8 Å². The number of morpholine rings is 1. The SMILES string of the molecule is O=c1cc(CN2CCOCC2)n(Cc2ccccc2F)cc1O. The molecule has 0 saturated carbocycles. The van der Waals surface area contributed by atoms with Gasteiger partial charge < -0.3 is 14.4 Å². The number of aromatic nitrogens is 1. The van der Waals surface area contributed by atoms with Gasteiger partial charge in [0.05, 0.1) is 26.0 Å². The van der Waals surface area contributed by atoms with Crippen LogP contribution in [0, 0.1) is 5.82 Å². The summed E-state index contributed by atoms with van der Waals surface area (Å²) >= 11 is 0. The summed E-state index contributed by atoms with van der Waals surface area (Å²) in [6.45, 7) is 3.72. The second-order valence-electron chi connectivity index (χ2n) is 5.62. The molecule has 1 aromatic heterocycles. The van der Waals surface area contributed by atoms with Crippen molar-refractivity contribution in [2.24, 2.45) is 0 Å². The highest BCUT2D eigenvalue weighted by Gasteiger charge is 2.15. The van der Waals surface area contributed by atoms with Crippen LogP contribution in [0.1, 0.15) is 11.3 Å². The highest BCUT2D eigenvalue weighted by molar-refractivity contribution is 5.24. The molecule has 1 aliphatic heterocycles. The molecule has 6 heteroatoms. The number of rotatable bonds is 4. The van der Waals surface area contributed by atoms with E-state index < -0.39 is 5.43 Å². The Morgan fingerprint density at radius 2 is 1.91 bits per heavy atom. The number of benzene rings is 1. The molecule has 0 spiro atoms. The molecule has 0 bridgehead atoms. The first kappa shape index (κ1) is 15.7. The third-order valence-corrected chi connectivity index (χ3v) is 3.99. The van der Waals surface area contributed by atoms with Crippen molar-refractivity contribution in [2.75, 3.05) is 26.3 Å². The van der Waals surface area contributed by atoms with E-state index in [1.165, 1.54) is 18.3 Å². The fourth-order valence-corrected chi connectivity index (χ4v) is 2.68. The van der Waals surface area contributed by atoms with Crippen molar-refractivity contribution in [3.8, 4) is 5.75 Å². The van der Waals surface area contributed by atoms with Crippen molar-refractivity contribution in [3.63, 3.8) is 0 Å². The Hall–Kier alpha value is -2.18. The molecule has 1 N–H and O–H groups in total. The van der Waals surface area contributed by atoms with Gasteiger partial charge in [0.25, 0.3) is 0 Å². The first-order chi connectivity index (χ1) is 11.1. The molecule has 0 unspecified atom stereocenters. The maximum Gasteiger partial charge on any atom is 0.223 e. The van der Waals surface area contributed by atoms with Crippen LogP contribution >= 0.6 is 0 Å². The number of hydrogen-bond acceptors (Lipinski definition) is 4. The molecule has 23 heavy (non-hydrogen) atoms. The third kappa shape index (κ3) is 3.78. The van der Waals surface area contributed by atoms with E-state index in [9.17, 15) is 14.3 Å². The smallest absolute Gasteiger partial charge is 0.223 e. The van der Waals surface area contributed by atoms with Crippen LogP contribution in [-0.4, -0.2) is 40.9 Å². The van der Waals surface area contributed by atoms with E-state index in [2.05, 4.69) is 4.90 Å². The quantitative estimate of drug-likeness (QED) is 0.930. The molecule has 3 rings (SSSR count). The molecule has 2 aromatic rings. The maximum atomic E-state index is 13.9. The molecule has 2 heterocycles. The van der Waals surface area contributed by atoms with Crippen molar-refractivity contribution < 1.29 is 14.2 Å². The fourth-order valence-electron chi connectivity index (χ4n) is 2.68. The van der Waals surface area contributed by atoms with Crippen LogP contribution in [0.25, 0.3) is 0 Å². The monoisotopic (exact) mass is 318 g/mol. The van der Waals surface area contributed by atoms with Crippen molar-refractivity contribution in [1.29, 1.82) is 0 Å². The van der Waals surface area contributed by atoms with Gasteiger partial charge in [-0.25, -0.2) is 4.39 Å². The van der Waals surface area contributed by atoms with Gasteiger partial charge in [-0.1, -0.05) is 18.2 Å². The summed E-state index contributed by atoms with van der Waals surface area (Å²) in [5.74, 6) is -0.630. The second kappa shape index (κ2) is 6.93. The van der Waals surface area contributed by atoms with Crippen molar-refractivity contribution in [1.82, 2.24) is 9.47 Å². The van der Waals surface area contributed by atoms with E-state index in [4.69, 9.17) is 4.74 Å². The van der Waals surface area contributed by atoms with Crippen LogP contribution in [0.4, 0.5) is 4.39 Å². The summed E-state index contributed by atoms with van der Waals surface area (Å²) in [5.41, 5.74) is 0.842. The van der Waals surface area contributed by atoms with Gasteiger partial charge in [0, 0.05) is 37.0 Å². The third-order valence-electron chi connectivity index (χ3n) is 3.99. The Morgan fingerprint density at radius 3 is 2.65 bits per heavy atom. The molecular weight excluding hydrogens is 299 g/mol. The van der Waals surface area contributed by atoms with Gasteiger partial charge in [0.1, 0.15) is 5.82 Å². The lowest BCUT2D eigenvalue weighted by Gasteiger charge is -2.27. The van der Waals surface area contributed by atoms with E-state index in [1.807, 2.05) is 0 Å². The minimum Gasteiger partial charge on any atom is -0.503 e. The van der Waals surface area contributed by atoms with E-state index >= 15 is 0 Å². The first-order valence-electron chi connectivity index (χ1n) is 7.59. The van der Waals surface area contributed by atoms with E-state index in [0.29, 0.717) is 25.3 Å². The van der Waals surface area contributed by atoms with Gasteiger partial charge in [0.2, 0.25) is 5.43 Å². The number of halogens is 1. The van der Waals surface area contributed by atoms with Crippen LogP contribution < -0.4 is 5.43 Å². The lowest BCUT2D eigenvalue weighted by Crippen LogP contribution is -2.36. The minimum atomic E-state index is -0.418. The average molecular weight is 318 g/mol. The fraction of sp³-hybridized carbons (Fsp3) is 0.353. The Morgan fingerprint density at radius 1 is 1.17 bits per heavy atom. The zero-order chi connectivity index (χ0) is 16.2. The van der Waals surface area contributed by atoms with Crippen LogP contribution in [0.15, 0.2) is 41.3 Å². The summed E-state index contributed by atoms with van der Waals surface area (Å²) in [7, 11) is 0. The van der Waals surface area contributed by atoms with Gasteiger partial charge in [-0.2, -0.15) is 0 Å². The average Bonchev–Trinajstić information content (AvgIpc) is 2.55. The molecule has 0 atom stereocenters. The van der Waals surface area contributed by atoms with E-state index in [1.54, 1.807) is 22.8 Å². The second-order valence-corrected chi connectivity index (χ2v) is 5.62.